The van der Waals surface area contributed by atoms with E-state index in [2.05, 4.69) is 4.84 Å². The summed E-state index contributed by atoms with van der Waals surface area (Å²) in [5, 5.41) is 9.15. The van der Waals surface area contributed by atoms with Crippen LogP contribution in [0.25, 0.3) is 0 Å². The number of para-hydroxylation sites is 1. The molecule has 0 aliphatic heterocycles. The number of carbonyl (C=O) groups excluding carboxylic acids is 3. The minimum Gasteiger partial charge on any atom is -0.494 e. The van der Waals surface area contributed by atoms with Gasteiger partial charge in [0.25, 0.3) is 5.09 Å². The Morgan fingerprint density at radius 2 is 1.61 bits per heavy atom. The highest BCUT2D eigenvalue weighted by Gasteiger charge is 2.16. The summed E-state index contributed by atoms with van der Waals surface area (Å²) < 4.78 is 20.1. The zero-order chi connectivity index (χ0) is 22.6. The van der Waals surface area contributed by atoms with Crippen LogP contribution in [0.2, 0.25) is 0 Å². The number of ether oxygens (including phenoxy) is 4. The second-order valence-electron chi connectivity index (χ2n) is 5.85. The van der Waals surface area contributed by atoms with E-state index in [0.717, 1.165) is 0 Å². The number of benzene rings is 2. The summed E-state index contributed by atoms with van der Waals surface area (Å²) in [7, 11) is 0. The van der Waals surface area contributed by atoms with E-state index in [1.807, 2.05) is 0 Å². The van der Waals surface area contributed by atoms with Gasteiger partial charge in [-0.2, -0.15) is 0 Å². The molecule has 11 nitrogen and oxygen atoms in total. The first-order valence-electron chi connectivity index (χ1n) is 8.98. The van der Waals surface area contributed by atoms with Gasteiger partial charge in [0.15, 0.2) is 0 Å². The number of nitrogens with zero attached hydrogens (tertiary/aromatic N) is 1. The zero-order valence-corrected chi connectivity index (χ0v) is 16.5. The van der Waals surface area contributed by atoms with E-state index in [4.69, 9.17) is 18.9 Å². The van der Waals surface area contributed by atoms with Gasteiger partial charge in [0.1, 0.15) is 17.1 Å². The molecule has 164 valence electrons. The van der Waals surface area contributed by atoms with E-state index < -0.39 is 29.8 Å². The molecule has 0 bridgehead atoms. The van der Waals surface area contributed by atoms with E-state index in [9.17, 15) is 24.5 Å². The molecule has 11 heteroatoms. The van der Waals surface area contributed by atoms with Crippen LogP contribution in [0.3, 0.4) is 0 Å². The van der Waals surface area contributed by atoms with Crippen molar-refractivity contribution < 1.29 is 43.3 Å². The average molecular weight is 433 g/mol. The summed E-state index contributed by atoms with van der Waals surface area (Å²) in [4.78, 5) is 49.5. The van der Waals surface area contributed by atoms with Crippen LogP contribution < -0.4 is 9.47 Å². The normalized spacial score (nSPS) is 9.97. The molecule has 0 aromatic heterocycles. The fraction of sp³-hybridized carbons (Fsp3) is 0.250. The Bertz CT molecular complexity index is 926. The maximum atomic E-state index is 12.1. The van der Waals surface area contributed by atoms with E-state index >= 15 is 0 Å². The van der Waals surface area contributed by atoms with Gasteiger partial charge >= 0.3 is 17.9 Å². The van der Waals surface area contributed by atoms with Crippen LogP contribution in [-0.2, 0) is 19.1 Å². The lowest BCUT2D eigenvalue weighted by atomic mass is 10.2. The third-order valence-electron chi connectivity index (χ3n) is 3.58. The molecule has 2 aromatic rings. The fourth-order valence-corrected chi connectivity index (χ4v) is 2.25. The molecule has 2 rings (SSSR count). The van der Waals surface area contributed by atoms with Gasteiger partial charge in [0.05, 0.1) is 18.8 Å². The minimum absolute atomic E-state index is 0.0128. The van der Waals surface area contributed by atoms with Crippen molar-refractivity contribution in [3.05, 3.63) is 69.8 Å². The molecule has 31 heavy (non-hydrogen) atoms. The van der Waals surface area contributed by atoms with Gasteiger partial charge in [-0.25, -0.2) is 9.59 Å². The zero-order valence-electron chi connectivity index (χ0n) is 16.5. The molecule has 2 aromatic carbocycles. The Kier molecular flexibility index (Phi) is 8.77. The molecule has 0 aliphatic carbocycles. The predicted octanol–water partition coefficient (Wildman–Crippen LogP) is 2.56. The molecule has 0 unspecified atom stereocenters. The van der Waals surface area contributed by atoms with Gasteiger partial charge in [-0.3, -0.25) is 4.79 Å². The van der Waals surface area contributed by atoms with Gasteiger partial charge in [-0.1, -0.05) is 12.1 Å². The molecule has 0 amide bonds. The summed E-state index contributed by atoms with van der Waals surface area (Å²) in [6, 6.07) is 11.9. The van der Waals surface area contributed by atoms with Gasteiger partial charge in [0, 0.05) is 13.3 Å². The van der Waals surface area contributed by atoms with Gasteiger partial charge in [-0.05, 0) is 36.4 Å². The van der Waals surface area contributed by atoms with Crippen LogP contribution in [0.4, 0.5) is 0 Å². The number of esters is 3. The van der Waals surface area contributed by atoms with Gasteiger partial charge in [0.2, 0.25) is 6.79 Å². The van der Waals surface area contributed by atoms with Crippen molar-refractivity contribution >= 4 is 17.9 Å². The average Bonchev–Trinajstić information content (AvgIpc) is 2.73. The van der Waals surface area contributed by atoms with Crippen LogP contribution in [0.5, 0.6) is 11.5 Å². The lowest BCUT2D eigenvalue weighted by Gasteiger charge is -2.10. The Morgan fingerprint density at radius 1 is 0.935 bits per heavy atom. The first-order chi connectivity index (χ1) is 14.9. The maximum Gasteiger partial charge on any atom is 0.344 e. The van der Waals surface area contributed by atoms with E-state index in [1.54, 1.807) is 12.1 Å². The smallest absolute Gasteiger partial charge is 0.344 e. The van der Waals surface area contributed by atoms with Crippen LogP contribution in [0.1, 0.15) is 34.1 Å². The van der Waals surface area contributed by atoms with Crippen molar-refractivity contribution in [3.63, 3.8) is 0 Å². The molecule has 0 heterocycles. The molecular formula is C20H19NO10. The van der Waals surface area contributed by atoms with Crippen LogP contribution in [0, 0.1) is 10.1 Å². The molecule has 0 saturated heterocycles. The van der Waals surface area contributed by atoms with E-state index in [-0.39, 0.29) is 30.1 Å². The second kappa shape index (κ2) is 11.8. The number of carbonyl (C=O) groups is 3. The van der Waals surface area contributed by atoms with Crippen molar-refractivity contribution in [2.75, 3.05) is 20.0 Å². The van der Waals surface area contributed by atoms with Crippen molar-refractivity contribution in [2.45, 2.75) is 13.3 Å². The highest BCUT2D eigenvalue weighted by molar-refractivity contribution is 5.93. The van der Waals surface area contributed by atoms with Crippen molar-refractivity contribution in [2.24, 2.45) is 0 Å². The summed E-state index contributed by atoms with van der Waals surface area (Å²) in [6.45, 7) is 0.676. The molecule has 0 spiro atoms. The molecule has 0 aliphatic rings. The third kappa shape index (κ3) is 8.01. The number of hydrogen-bond donors (Lipinski definition) is 0. The van der Waals surface area contributed by atoms with Gasteiger partial charge in [-0.15, -0.1) is 10.1 Å². The van der Waals surface area contributed by atoms with Gasteiger partial charge < -0.3 is 23.8 Å². The Hall–Kier alpha value is -4.15. The topological polar surface area (TPSA) is 141 Å². The lowest BCUT2D eigenvalue weighted by molar-refractivity contribution is -0.757. The molecule has 0 radical (unpaired) electrons. The summed E-state index contributed by atoms with van der Waals surface area (Å²) in [5.74, 6) is -1.66. The quantitative estimate of drug-likeness (QED) is 0.130. The van der Waals surface area contributed by atoms with Crippen molar-refractivity contribution in [1.82, 2.24) is 0 Å². The maximum absolute atomic E-state index is 12.1. The second-order valence-corrected chi connectivity index (χ2v) is 5.85. The molecule has 0 N–H and O–H groups in total. The monoisotopic (exact) mass is 433 g/mol. The largest absolute Gasteiger partial charge is 0.494 e. The van der Waals surface area contributed by atoms with Crippen LogP contribution in [0.15, 0.2) is 48.5 Å². The lowest BCUT2D eigenvalue weighted by Crippen LogP contribution is -2.14. The molecule has 0 atom stereocenters. The fourth-order valence-electron chi connectivity index (χ4n) is 2.25. The summed E-state index contributed by atoms with van der Waals surface area (Å²) >= 11 is 0. The summed E-state index contributed by atoms with van der Waals surface area (Å²) in [6.07, 6.45) is 0.316. The SMILES string of the molecule is CC(=O)Oc1ccccc1C(=O)OCOC(=O)c1ccc(OCCCO[N+](=O)[O-])cc1. The Balaban J connectivity index is 1.78. The molecule has 0 saturated carbocycles. The number of hydrogen-bond acceptors (Lipinski definition) is 10. The summed E-state index contributed by atoms with van der Waals surface area (Å²) in [5.41, 5.74) is 0.208. The standard InChI is InChI=1S/C20H19NO10/c1-14(22)31-18-6-3-2-5-17(18)20(24)29-13-28-19(23)15-7-9-16(10-8-15)27-11-4-12-30-21(25)26/h2-3,5-10H,4,11-13H2,1H3. The van der Waals surface area contributed by atoms with Crippen LogP contribution in [-0.4, -0.2) is 43.0 Å². The highest BCUT2D eigenvalue weighted by atomic mass is 16.9. The van der Waals surface area contributed by atoms with Crippen LogP contribution >= 0.6 is 0 Å². The molecule has 0 fully saturated rings. The Labute approximate surface area is 176 Å². The number of rotatable bonds is 11. The Morgan fingerprint density at radius 3 is 2.29 bits per heavy atom. The first kappa shape index (κ1) is 23.1. The molecular weight excluding hydrogens is 414 g/mol. The van der Waals surface area contributed by atoms with Crippen molar-refractivity contribution in [3.8, 4) is 11.5 Å². The predicted molar refractivity (Wildman–Crippen MR) is 103 cm³/mol. The first-order valence-corrected chi connectivity index (χ1v) is 8.98. The van der Waals surface area contributed by atoms with Crippen molar-refractivity contribution in [1.29, 1.82) is 0 Å². The highest BCUT2D eigenvalue weighted by Crippen LogP contribution is 2.19. The van der Waals surface area contributed by atoms with E-state index in [0.29, 0.717) is 12.2 Å². The van der Waals surface area contributed by atoms with E-state index in [1.165, 1.54) is 43.3 Å². The minimum atomic E-state index is -0.879. The third-order valence-corrected chi connectivity index (χ3v) is 3.58.